The summed E-state index contributed by atoms with van der Waals surface area (Å²) in [5.74, 6) is -0.695. The van der Waals surface area contributed by atoms with E-state index in [0.29, 0.717) is 17.1 Å². The van der Waals surface area contributed by atoms with Gasteiger partial charge < -0.3 is 25.1 Å². The first-order valence-electron chi connectivity index (χ1n) is 5.59. The fourth-order valence-electron chi connectivity index (χ4n) is 2.14. The fraction of sp³-hybridized carbons (Fsp3) is 0.308. The molecule has 19 heavy (non-hydrogen) atoms. The van der Waals surface area contributed by atoms with Crippen LogP contribution in [0.1, 0.15) is 12.5 Å². The predicted molar refractivity (Wildman–Crippen MR) is 66.8 cm³/mol. The number of Topliss-reactive ketones (excluding diaryl/α,β-unsaturated/α-hetero) is 1. The first-order valence-corrected chi connectivity index (χ1v) is 5.59. The number of carbonyl (C=O) groups is 1. The van der Waals surface area contributed by atoms with E-state index in [1.807, 2.05) is 0 Å². The van der Waals surface area contributed by atoms with Crippen molar-refractivity contribution in [2.45, 2.75) is 12.5 Å². The van der Waals surface area contributed by atoms with E-state index in [-0.39, 0.29) is 5.88 Å². The van der Waals surface area contributed by atoms with Crippen molar-refractivity contribution < 1.29 is 24.1 Å². The number of aliphatic hydroxyl groups excluding tert-OH is 1. The zero-order valence-corrected chi connectivity index (χ0v) is 10.9. The van der Waals surface area contributed by atoms with Gasteiger partial charge in [-0.2, -0.15) is 0 Å². The lowest BCUT2D eigenvalue weighted by atomic mass is 9.90. The second-order valence-electron chi connectivity index (χ2n) is 4.21. The second kappa shape index (κ2) is 4.38. The van der Waals surface area contributed by atoms with Crippen molar-refractivity contribution in [1.82, 2.24) is 0 Å². The highest BCUT2D eigenvalue weighted by Gasteiger charge is 2.50. The molecule has 0 aliphatic carbocycles. The van der Waals surface area contributed by atoms with E-state index >= 15 is 0 Å². The SMILES string of the molecule is COc1cccc(OC)c1C1(C)OC(N)=C(O)C1=O. The molecule has 3 N–H and O–H groups in total. The minimum atomic E-state index is -1.47. The van der Waals surface area contributed by atoms with Crippen LogP contribution >= 0.6 is 0 Å². The number of hydrogen-bond acceptors (Lipinski definition) is 6. The summed E-state index contributed by atoms with van der Waals surface area (Å²) in [6.45, 7) is 1.51. The Labute approximate surface area is 110 Å². The van der Waals surface area contributed by atoms with Gasteiger partial charge in [0.15, 0.2) is 0 Å². The Morgan fingerprint density at radius 3 is 2.16 bits per heavy atom. The lowest BCUT2D eigenvalue weighted by Gasteiger charge is -2.26. The summed E-state index contributed by atoms with van der Waals surface area (Å²) in [6.07, 6.45) is 0. The van der Waals surface area contributed by atoms with E-state index in [4.69, 9.17) is 19.9 Å². The average molecular weight is 265 g/mol. The van der Waals surface area contributed by atoms with Crippen molar-refractivity contribution in [3.05, 3.63) is 35.4 Å². The van der Waals surface area contributed by atoms with Gasteiger partial charge in [-0.05, 0) is 19.1 Å². The number of methoxy groups -OCH3 is 2. The van der Waals surface area contributed by atoms with Crippen LogP contribution in [0.25, 0.3) is 0 Å². The number of nitrogens with two attached hydrogens (primary N) is 1. The molecule has 0 bridgehead atoms. The normalized spacial score (nSPS) is 22.4. The van der Waals surface area contributed by atoms with Gasteiger partial charge in [0, 0.05) is 0 Å². The Bertz CT molecular complexity index is 544. The Balaban J connectivity index is 2.63. The van der Waals surface area contributed by atoms with Gasteiger partial charge in [-0.25, -0.2) is 0 Å². The van der Waals surface area contributed by atoms with Crippen molar-refractivity contribution in [3.8, 4) is 11.5 Å². The van der Waals surface area contributed by atoms with E-state index in [9.17, 15) is 9.90 Å². The van der Waals surface area contributed by atoms with Gasteiger partial charge >= 0.3 is 0 Å². The molecule has 0 spiro atoms. The van der Waals surface area contributed by atoms with Crippen LogP contribution in [0.5, 0.6) is 11.5 Å². The molecular weight excluding hydrogens is 250 g/mol. The summed E-state index contributed by atoms with van der Waals surface area (Å²) < 4.78 is 15.8. The molecule has 6 nitrogen and oxygen atoms in total. The molecule has 1 atom stereocenters. The smallest absolute Gasteiger partial charge is 0.250 e. The number of benzene rings is 1. The van der Waals surface area contributed by atoms with Crippen LogP contribution in [-0.2, 0) is 15.1 Å². The molecule has 1 unspecified atom stereocenters. The second-order valence-corrected chi connectivity index (χ2v) is 4.21. The van der Waals surface area contributed by atoms with E-state index in [0.717, 1.165) is 0 Å². The number of hydrogen-bond donors (Lipinski definition) is 2. The van der Waals surface area contributed by atoms with Crippen LogP contribution in [0.15, 0.2) is 29.8 Å². The summed E-state index contributed by atoms with van der Waals surface area (Å²) in [6, 6.07) is 5.07. The van der Waals surface area contributed by atoms with Gasteiger partial charge in [-0.15, -0.1) is 0 Å². The summed E-state index contributed by atoms with van der Waals surface area (Å²) in [4.78, 5) is 12.2. The first-order chi connectivity index (χ1) is 8.95. The average Bonchev–Trinajstić information content (AvgIpc) is 2.62. The van der Waals surface area contributed by atoms with Gasteiger partial charge in [-0.1, -0.05) is 6.07 Å². The molecular formula is C13H15NO5. The van der Waals surface area contributed by atoms with Crippen LogP contribution < -0.4 is 15.2 Å². The maximum Gasteiger partial charge on any atom is 0.250 e. The minimum Gasteiger partial charge on any atom is -0.501 e. The summed E-state index contributed by atoms with van der Waals surface area (Å²) >= 11 is 0. The van der Waals surface area contributed by atoms with Crippen LogP contribution in [-0.4, -0.2) is 25.1 Å². The van der Waals surface area contributed by atoms with E-state index < -0.39 is 17.1 Å². The van der Waals surface area contributed by atoms with Crippen LogP contribution in [0.2, 0.25) is 0 Å². The zero-order chi connectivity index (χ0) is 14.2. The number of ether oxygens (including phenoxy) is 3. The molecule has 0 amide bonds. The number of carbonyl (C=O) groups excluding carboxylic acids is 1. The minimum absolute atomic E-state index is 0.305. The Morgan fingerprint density at radius 1 is 1.26 bits per heavy atom. The third-order valence-corrected chi connectivity index (χ3v) is 3.10. The predicted octanol–water partition coefficient (Wildman–Crippen LogP) is 1.20. The van der Waals surface area contributed by atoms with Crippen molar-refractivity contribution >= 4 is 5.78 Å². The summed E-state index contributed by atoms with van der Waals surface area (Å²) in [5.41, 5.74) is 4.39. The molecule has 1 aliphatic rings. The number of aliphatic hydroxyl groups is 1. The molecule has 0 radical (unpaired) electrons. The summed E-state index contributed by atoms with van der Waals surface area (Å²) in [7, 11) is 2.94. The molecule has 2 rings (SSSR count). The van der Waals surface area contributed by atoms with Crippen molar-refractivity contribution in [3.63, 3.8) is 0 Å². The molecule has 102 valence electrons. The Hall–Kier alpha value is -2.37. The molecule has 1 aromatic rings. The Morgan fingerprint density at radius 2 is 1.79 bits per heavy atom. The topological polar surface area (TPSA) is 91.0 Å². The largest absolute Gasteiger partial charge is 0.501 e. The van der Waals surface area contributed by atoms with Crippen LogP contribution in [0, 0.1) is 0 Å². The monoisotopic (exact) mass is 265 g/mol. The Kier molecular flexibility index (Phi) is 3.01. The highest BCUT2D eigenvalue weighted by Crippen LogP contribution is 2.45. The first kappa shape index (κ1) is 13.1. The van der Waals surface area contributed by atoms with Crippen LogP contribution in [0.3, 0.4) is 0 Å². The van der Waals surface area contributed by atoms with Gasteiger partial charge in [0.25, 0.3) is 5.78 Å². The highest BCUT2D eigenvalue weighted by atomic mass is 16.5. The fourth-order valence-corrected chi connectivity index (χ4v) is 2.14. The third-order valence-electron chi connectivity index (χ3n) is 3.10. The molecule has 0 saturated carbocycles. The summed E-state index contributed by atoms with van der Waals surface area (Å²) in [5, 5.41) is 9.59. The standard InChI is InChI=1S/C13H15NO5/c1-13(11(16)10(15)12(14)19-13)9-7(17-2)5-4-6-8(9)18-3/h4-6,15H,14H2,1-3H3. The van der Waals surface area contributed by atoms with E-state index in [2.05, 4.69) is 0 Å². The molecule has 0 fully saturated rings. The van der Waals surface area contributed by atoms with Crippen molar-refractivity contribution in [2.24, 2.45) is 5.73 Å². The molecule has 1 heterocycles. The molecule has 1 aliphatic heterocycles. The quantitative estimate of drug-likeness (QED) is 0.853. The molecule has 0 aromatic heterocycles. The maximum absolute atomic E-state index is 12.2. The van der Waals surface area contributed by atoms with Gasteiger partial charge in [0.05, 0.1) is 19.8 Å². The number of ketones is 1. The lowest BCUT2D eigenvalue weighted by molar-refractivity contribution is -0.131. The van der Waals surface area contributed by atoms with Gasteiger partial charge in [-0.3, -0.25) is 4.79 Å². The maximum atomic E-state index is 12.2. The van der Waals surface area contributed by atoms with Crippen molar-refractivity contribution in [2.75, 3.05) is 14.2 Å². The third kappa shape index (κ3) is 1.76. The lowest BCUT2D eigenvalue weighted by Crippen LogP contribution is -2.32. The molecule has 1 aromatic carbocycles. The van der Waals surface area contributed by atoms with Crippen molar-refractivity contribution in [1.29, 1.82) is 0 Å². The zero-order valence-electron chi connectivity index (χ0n) is 10.9. The van der Waals surface area contributed by atoms with E-state index in [1.165, 1.54) is 21.1 Å². The van der Waals surface area contributed by atoms with Gasteiger partial charge in [0.2, 0.25) is 17.2 Å². The molecule has 6 heteroatoms. The van der Waals surface area contributed by atoms with Crippen LogP contribution in [0.4, 0.5) is 0 Å². The number of rotatable bonds is 3. The highest BCUT2D eigenvalue weighted by molar-refractivity contribution is 6.03. The van der Waals surface area contributed by atoms with Gasteiger partial charge in [0.1, 0.15) is 11.5 Å². The van der Waals surface area contributed by atoms with E-state index in [1.54, 1.807) is 18.2 Å². The molecule has 0 saturated heterocycles.